The third kappa shape index (κ3) is 3.42. The van der Waals surface area contributed by atoms with Crippen molar-refractivity contribution in [3.8, 4) is 16.3 Å². The molecule has 0 saturated carbocycles. The van der Waals surface area contributed by atoms with Gasteiger partial charge in [0.1, 0.15) is 5.69 Å². The second-order valence-corrected chi connectivity index (χ2v) is 7.00. The van der Waals surface area contributed by atoms with E-state index in [-0.39, 0.29) is 5.91 Å². The van der Waals surface area contributed by atoms with Gasteiger partial charge in [0.25, 0.3) is 0 Å². The van der Waals surface area contributed by atoms with Gasteiger partial charge in [-0.25, -0.2) is 4.68 Å². The first-order valence-electron chi connectivity index (χ1n) is 8.47. The minimum atomic E-state index is 0.0853. The first-order valence-corrected chi connectivity index (χ1v) is 9.35. The van der Waals surface area contributed by atoms with Gasteiger partial charge in [-0.15, -0.1) is 11.3 Å². The molecule has 0 bridgehead atoms. The van der Waals surface area contributed by atoms with Crippen molar-refractivity contribution in [3.63, 3.8) is 0 Å². The fourth-order valence-corrected chi connectivity index (χ4v) is 3.76. The average Bonchev–Trinajstić information content (AvgIpc) is 3.41. The van der Waals surface area contributed by atoms with E-state index < -0.39 is 0 Å². The van der Waals surface area contributed by atoms with E-state index in [1.807, 2.05) is 63.6 Å². The van der Waals surface area contributed by atoms with Crippen LogP contribution in [0.25, 0.3) is 22.3 Å². The lowest BCUT2D eigenvalue weighted by atomic mass is 10.2. The van der Waals surface area contributed by atoms with Crippen molar-refractivity contribution >= 4 is 23.3 Å². The van der Waals surface area contributed by atoms with Gasteiger partial charge in [-0.1, -0.05) is 24.3 Å². The molecule has 2 aromatic heterocycles. The predicted octanol–water partition coefficient (Wildman–Crippen LogP) is 4.24. The molecular formula is C20H19N3OS. The molecule has 5 heteroatoms. The molecule has 1 aliphatic rings. The Morgan fingerprint density at radius 2 is 1.88 bits per heavy atom. The van der Waals surface area contributed by atoms with Gasteiger partial charge in [-0.3, -0.25) is 4.79 Å². The lowest BCUT2D eigenvalue weighted by Gasteiger charge is -2.11. The molecule has 1 fully saturated rings. The predicted molar refractivity (Wildman–Crippen MR) is 102 cm³/mol. The monoisotopic (exact) mass is 349 g/mol. The van der Waals surface area contributed by atoms with Gasteiger partial charge in [-0.2, -0.15) is 5.10 Å². The Labute approximate surface area is 151 Å². The topological polar surface area (TPSA) is 38.1 Å². The molecule has 1 amide bonds. The molecule has 0 N–H and O–H groups in total. The van der Waals surface area contributed by atoms with Crippen LogP contribution in [0.5, 0.6) is 0 Å². The van der Waals surface area contributed by atoms with Gasteiger partial charge in [-0.05, 0) is 42.5 Å². The first-order chi connectivity index (χ1) is 12.3. The molecule has 1 aliphatic heterocycles. The number of carbonyl (C=O) groups excluding carboxylic acids is 1. The standard InChI is InChI=1S/C20H19N3OS/c24-19(22-12-4-5-13-22)11-10-16-15-23(17-7-2-1-3-8-17)21-20(16)18-9-6-14-25-18/h1-3,6-11,14-15H,4-5,12-13H2. The van der Waals surface area contributed by atoms with Crippen LogP contribution in [0.1, 0.15) is 18.4 Å². The maximum Gasteiger partial charge on any atom is 0.246 e. The Bertz CT molecular complexity index is 875. The highest BCUT2D eigenvalue weighted by Gasteiger charge is 2.16. The number of benzene rings is 1. The van der Waals surface area contributed by atoms with Gasteiger partial charge in [0.05, 0.1) is 10.6 Å². The minimum Gasteiger partial charge on any atom is -0.339 e. The number of amides is 1. The second-order valence-electron chi connectivity index (χ2n) is 6.06. The molecule has 1 saturated heterocycles. The molecule has 3 heterocycles. The number of carbonyl (C=O) groups is 1. The molecule has 4 rings (SSSR count). The van der Waals surface area contributed by atoms with Crippen molar-refractivity contribution < 1.29 is 4.79 Å². The first kappa shape index (κ1) is 15.8. The molecule has 25 heavy (non-hydrogen) atoms. The van der Waals surface area contributed by atoms with Gasteiger partial charge in [0.15, 0.2) is 0 Å². The Morgan fingerprint density at radius 3 is 2.60 bits per heavy atom. The molecular weight excluding hydrogens is 330 g/mol. The highest BCUT2D eigenvalue weighted by atomic mass is 32.1. The van der Waals surface area contributed by atoms with Crippen molar-refractivity contribution in [2.75, 3.05) is 13.1 Å². The van der Waals surface area contributed by atoms with Crippen molar-refractivity contribution in [1.29, 1.82) is 0 Å². The van der Waals surface area contributed by atoms with Gasteiger partial charge < -0.3 is 4.90 Å². The minimum absolute atomic E-state index is 0.0853. The zero-order chi connectivity index (χ0) is 17.1. The van der Waals surface area contributed by atoms with E-state index >= 15 is 0 Å². The van der Waals surface area contributed by atoms with Crippen molar-refractivity contribution in [1.82, 2.24) is 14.7 Å². The number of rotatable bonds is 4. The summed E-state index contributed by atoms with van der Waals surface area (Å²) < 4.78 is 1.87. The largest absolute Gasteiger partial charge is 0.339 e. The highest BCUT2D eigenvalue weighted by molar-refractivity contribution is 7.13. The summed E-state index contributed by atoms with van der Waals surface area (Å²) in [4.78, 5) is 15.3. The van der Waals surface area contributed by atoms with Crippen LogP contribution < -0.4 is 0 Å². The summed E-state index contributed by atoms with van der Waals surface area (Å²) in [7, 11) is 0. The SMILES string of the molecule is O=C(C=Cc1cn(-c2ccccc2)nc1-c1cccs1)N1CCCC1. The maximum atomic E-state index is 12.3. The van der Waals surface area contributed by atoms with Crippen molar-refractivity contribution in [2.45, 2.75) is 12.8 Å². The van der Waals surface area contributed by atoms with Crippen LogP contribution in [0, 0.1) is 0 Å². The molecule has 0 spiro atoms. The quantitative estimate of drug-likeness (QED) is 0.661. The summed E-state index contributed by atoms with van der Waals surface area (Å²) in [6, 6.07) is 14.1. The smallest absolute Gasteiger partial charge is 0.246 e. The lowest BCUT2D eigenvalue weighted by Crippen LogP contribution is -2.25. The second kappa shape index (κ2) is 7.07. The summed E-state index contributed by atoms with van der Waals surface area (Å²) in [5, 5.41) is 6.79. The van der Waals surface area contributed by atoms with E-state index in [4.69, 9.17) is 5.10 Å². The maximum absolute atomic E-state index is 12.3. The van der Waals surface area contributed by atoms with Crippen LogP contribution in [0.4, 0.5) is 0 Å². The van der Waals surface area contributed by atoms with Crippen LogP contribution in [0.15, 0.2) is 60.1 Å². The number of hydrogen-bond donors (Lipinski definition) is 0. The summed E-state index contributed by atoms with van der Waals surface area (Å²) in [6.45, 7) is 1.73. The Hall–Kier alpha value is -2.66. The van der Waals surface area contributed by atoms with E-state index in [0.29, 0.717) is 0 Å². The van der Waals surface area contributed by atoms with E-state index in [1.54, 1.807) is 17.4 Å². The van der Waals surface area contributed by atoms with E-state index in [1.165, 1.54) is 0 Å². The van der Waals surface area contributed by atoms with Crippen molar-refractivity contribution in [2.24, 2.45) is 0 Å². The van der Waals surface area contributed by atoms with E-state index in [9.17, 15) is 4.79 Å². The highest BCUT2D eigenvalue weighted by Crippen LogP contribution is 2.28. The van der Waals surface area contributed by atoms with Crippen molar-refractivity contribution in [3.05, 3.63) is 65.7 Å². The molecule has 0 radical (unpaired) electrons. The van der Waals surface area contributed by atoms with E-state index in [2.05, 4.69) is 6.07 Å². The van der Waals surface area contributed by atoms with Gasteiger partial charge >= 0.3 is 0 Å². The Morgan fingerprint density at radius 1 is 1.08 bits per heavy atom. The molecule has 4 nitrogen and oxygen atoms in total. The summed E-state index contributed by atoms with van der Waals surface area (Å²) >= 11 is 1.65. The molecule has 0 aliphatic carbocycles. The average molecular weight is 349 g/mol. The Kier molecular flexibility index (Phi) is 4.48. The molecule has 1 aromatic carbocycles. The summed E-state index contributed by atoms with van der Waals surface area (Å²) in [5.74, 6) is 0.0853. The number of hydrogen-bond acceptors (Lipinski definition) is 3. The zero-order valence-electron chi connectivity index (χ0n) is 13.8. The zero-order valence-corrected chi connectivity index (χ0v) is 14.7. The Balaban J connectivity index is 1.68. The molecule has 3 aromatic rings. The summed E-state index contributed by atoms with van der Waals surface area (Å²) in [6.07, 6.45) is 7.76. The fourth-order valence-electron chi connectivity index (χ4n) is 3.03. The normalized spacial score (nSPS) is 14.5. The van der Waals surface area contributed by atoms with Crippen LogP contribution in [0.2, 0.25) is 0 Å². The van der Waals surface area contributed by atoms with Crippen LogP contribution in [-0.4, -0.2) is 33.7 Å². The third-order valence-electron chi connectivity index (χ3n) is 4.34. The number of likely N-dealkylation sites (tertiary alicyclic amines) is 1. The molecule has 0 unspecified atom stereocenters. The van der Waals surface area contributed by atoms with Gasteiger partial charge in [0, 0.05) is 30.9 Å². The third-order valence-corrected chi connectivity index (χ3v) is 5.22. The fraction of sp³-hybridized carbons (Fsp3) is 0.200. The molecule has 0 atom stereocenters. The van der Waals surface area contributed by atoms with Crippen LogP contribution in [0.3, 0.4) is 0 Å². The van der Waals surface area contributed by atoms with Gasteiger partial charge in [0.2, 0.25) is 5.91 Å². The van der Waals surface area contributed by atoms with Crippen LogP contribution >= 0.6 is 11.3 Å². The molecule has 126 valence electrons. The van der Waals surface area contributed by atoms with E-state index in [0.717, 1.165) is 47.8 Å². The van der Waals surface area contributed by atoms with Crippen LogP contribution in [-0.2, 0) is 4.79 Å². The number of aromatic nitrogens is 2. The number of para-hydroxylation sites is 1. The summed E-state index contributed by atoms with van der Waals surface area (Å²) in [5.41, 5.74) is 2.87. The number of thiophene rings is 1. The number of nitrogens with zero attached hydrogens (tertiary/aromatic N) is 3. The lowest BCUT2D eigenvalue weighted by molar-refractivity contribution is -0.124.